The minimum atomic E-state index is -4.15. The smallest absolute Gasteiger partial charge is 0.339 e. The summed E-state index contributed by atoms with van der Waals surface area (Å²) in [6, 6.07) is 0. The number of piperidine rings is 1. The van der Waals surface area contributed by atoms with Crippen LogP contribution >= 0.6 is 0 Å². The van der Waals surface area contributed by atoms with Crippen LogP contribution in [0.15, 0.2) is 12.4 Å². The molecule has 2 heterocycles. The van der Waals surface area contributed by atoms with Gasteiger partial charge in [-0.2, -0.15) is 18.3 Å². The van der Waals surface area contributed by atoms with E-state index in [2.05, 4.69) is 5.10 Å². The van der Waals surface area contributed by atoms with Crippen molar-refractivity contribution in [2.45, 2.75) is 19.0 Å². The Bertz CT molecular complexity index is 433. The average molecular weight is 261 g/mol. The molecule has 2 rings (SSSR count). The molecule has 1 aromatic rings. The summed E-state index contributed by atoms with van der Waals surface area (Å²) in [7, 11) is 1.69. The molecule has 1 aliphatic rings. The van der Waals surface area contributed by atoms with E-state index in [-0.39, 0.29) is 31.8 Å². The van der Waals surface area contributed by atoms with E-state index in [1.54, 1.807) is 13.2 Å². The first-order valence-corrected chi connectivity index (χ1v) is 5.72. The van der Waals surface area contributed by atoms with Crippen LogP contribution in [0.25, 0.3) is 0 Å². The fourth-order valence-electron chi connectivity index (χ4n) is 2.12. The SMILES string of the molecule is Cn1cc(C(=O)N2CCC(C(F)(F)F)CC2)cn1. The topological polar surface area (TPSA) is 38.1 Å². The Labute approximate surface area is 102 Å². The molecule has 0 saturated carbocycles. The van der Waals surface area contributed by atoms with E-state index in [1.807, 2.05) is 0 Å². The van der Waals surface area contributed by atoms with E-state index in [0.29, 0.717) is 5.56 Å². The molecule has 0 aromatic carbocycles. The Kier molecular flexibility index (Phi) is 3.32. The summed E-state index contributed by atoms with van der Waals surface area (Å²) in [5.74, 6) is -1.53. The summed E-state index contributed by atoms with van der Waals surface area (Å²) in [6.07, 6.45) is -1.19. The molecule has 7 heteroatoms. The van der Waals surface area contributed by atoms with Gasteiger partial charge in [0.1, 0.15) is 0 Å². The first-order valence-electron chi connectivity index (χ1n) is 5.72. The molecule has 1 saturated heterocycles. The second-order valence-electron chi connectivity index (χ2n) is 4.51. The van der Waals surface area contributed by atoms with Gasteiger partial charge in [0.2, 0.25) is 0 Å². The molecule has 100 valence electrons. The summed E-state index contributed by atoms with van der Waals surface area (Å²) in [5.41, 5.74) is 0.419. The molecule has 0 aliphatic carbocycles. The molecule has 0 atom stereocenters. The van der Waals surface area contributed by atoms with Gasteiger partial charge in [-0.1, -0.05) is 0 Å². The van der Waals surface area contributed by atoms with Gasteiger partial charge in [0.25, 0.3) is 5.91 Å². The van der Waals surface area contributed by atoms with E-state index < -0.39 is 12.1 Å². The van der Waals surface area contributed by atoms with Gasteiger partial charge < -0.3 is 4.90 Å². The zero-order chi connectivity index (χ0) is 13.3. The van der Waals surface area contributed by atoms with Crippen LogP contribution in [-0.2, 0) is 7.05 Å². The van der Waals surface area contributed by atoms with Gasteiger partial charge in [0.15, 0.2) is 0 Å². The molecule has 1 fully saturated rings. The van der Waals surface area contributed by atoms with Crippen molar-refractivity contribution in [1.82, 2.24) is 14.7 Å². The van der Waals surface area contributed by atoms with Crippen molar-refractivity contribution in [2.75, 3.05) is 13.1 Å². The third-order valence-corrected chi connectivity index (χ3v) is 3.20. The first-order chi connectivity index (χ1) is 8.38. The fourth-order valence-corrected chi connectivity index (χ4v) is 2.12. The Morgan fingerprint density at radius 3 is 2.44 bits per heavy atom. The fraction of sp³-hybridized carbons (Fsp3) is 0.636. The predicted molar refractivity (Wildman–Crippen MR) is 57.9 cm³/mol. The quantitative estimate of drug-likeness (QED) is 0.773. The highest BCUT2D eigenvalue weighted by molar-refractivity contribution is 5.93. The van der Waals surface area contributed by atoms with E-state index in [1.165, 1.54) is 15.8 Å². The Morgan fingerprint density at radius 1 is 1.39 bits per heavy atom. The highest BCUT2D eigenvalue weighted by Crippen LogP contribution is 2.34. The number of nitrogens with zero attached hydrogens (tertiary/aromatic N) is 3. The molecule has 0 spiro atoms. The molecule has 0 unspecified atom stereocenters. The van der Waals surface area contributed by atoms with Crippen LogP contribution in [0.5, 0.6) is 0 Å². The zero-order valence-electron chi connectivity index (χ0n) is 9.94. The number of amides is 1. The maximum absolute atomic E-state index is 12.5. The van der Waals surface area contributed by atoms with Crippen LogP contribution in [0.4, 0.5) is 13.2 Å². The first kappa shape index (κ1) is 12.9. The van der Waals surface area contributed by atoms with E-state index in [4.69, 9.17) is 0 Å². The van der Waals surface area contributed by atoms with Crippen LogP contribution in [0.3, 0.4) is 0 Å². The van der Waals surface area contributed by atoms with Gasteiger partial charge >= 0.3 is 6.18 Å². The van der Waals surface area contributed by atoms with Crippen LogP contribution in [-0.4, -0.2) is 39.9 Å². The third-order valence-electron chi connectivity index (χ3n) is 3.20. The monoisotopic (exact) mass is 261 g/mol. The Morgan fingerprint density at radius 2 is 2.00 bits per heavy atom. The van der Waals surface area contributed by atoms with Gasteiger partial charge in [-0.25, -0.2) is 0 Å². The molecule has 0 radical (unpaired) electrons. The van der Waals surface area contributed by atoms with Gasteiger partial charge in [0, 0.05) is 26.3 Å². The summed E-state index contributed by atoms with van der Waals surface area (Å²) in [4.78, 5) is 13.4. The summed E-state index contributed by atoms with van der Waals surface area (Å²) < 4.78 is 38.9. The van der Waals surface area contributed by atoms with Crippen LogP contribution in [0.2, 0.25) is 0 Å². The lowest BCUT2D eigenvalue weighted by Gasteiger charge is -2.32. The maximum Gasteiger partial charge on any atom is 0.391 e. The molecule has 4 nitrogen and oxygen atoms in total. The second kappa shape index (κ2) is 4.62. The molecule has 18 heavy (non-hydrogen) atoms. The van der Waals surface area contributed by atoms with Gasteiger partial charge in [0.05, 0.1) is 17.7 Å². The second-order valence-corrected chi connectivity index (χ2v) is 4.51. The molecular weight excluding hydrogens is 247 g/mol. The maximum atomic E-state index is 12.5. The molecule has 0 bridgehead atoms. The van der Waals surface area contributed by atoms with Crippen molar-refractivity contribution in [2.24, 2.45) is 13.0 Å². The van der Waals surface area contributed by atoms with Crippen molar-refractivity contribution in [3.8, 4) is 0 Å². The largest absolute Gasteiger partial charge is 0.391 e. The van der Waals surface area contributed by atoms with Gasteiger partial charge in [-0.05, 0) is 12.8 Å². The Balaban J connectivity index is 1.96. The molecule has 0 N–H and O–H groups in total. The van der Waals surface area contributed by atoms with E-state index >= 15 is 0 Å². The lowest BCUT2D eigenvalue weighted by molar-refractivity contribution is -0.183. The number of carbonyl (C=O) groups excluding carboxylic acids is 1. The highest BCUT2D eigenvalue weighted by Gasteiger charge is 2.41. The van der Waals surface area contributed by atoms with Gasteiger partial charge in [-0.15, -0.1) is 0 Å². The Hall–Kier alpha value is -1.53. The number of halogens is 3. The van der Waals surface area contributed by atoms with Crippen molar-refractivity contribution >= 4 is 5.91 Å². The number of aryl methyl sites for hydroxylation is 1. The lowest BCUT2D eigenvalue weighted by atomic mass is 9.96. The number of rotatable bonds is 1. The summed E-state index contributed by atoms with van der Waals surface area (Å²) in [6.45, 7) is 0.301. The standard InChI is InChI=1S/C11H14F3N3O/c1-16-7-8(6-15-16)10(18)17-4-2-9(3-5-17)11(12,13)14/h6-7,9H,2-5H2,1H3. The van der Waals surface area contributed by atoms with E-state index in [9.17, 15) is 18.0 Å². The number of carbonyl (C=O) groups is 1. The average Bonchev–Trinajstić information content (AvgIpc) is 2.74. The number of likely N-dealkylation sites (tertiary alicyclic amines) is 1. The molecule has 1 aromatic heterocycles. The highest BCUT2D eigenvalue weighted by atomic mass is 19.4. The number of aromatic nitrogens is 2. The van der Waals surface area contributed by atoms with Crippen LogP contribution < -0.4 is 0 Å². The van der Waals surface area contributed by atoms with E-state index in [0.717, 1.165) is 0 Å². The number of hydrogen-bond donors (Lipinski definition) is 0. The predicted octanol–water partition coefficient (Wildman–Crippen LogP) is 1.83. The van der Waals surface area contributed by atoms with Crippen LogP contribution in [0, 0.1) is 5.92 Å². The molecular formula is C11H14F3N3O. The number of hydrogen-bond acceptors (Lipinski definition) is 2. The van der Waals surface area contributed by atoms with Gasteiger partial charge in [-0.3, -0.25) is 9.48 Å². The van der Waals surface area contributed by atoms with Crippen molar-refractivity contribution in [3.05, 3.63) is 18.0 Å². The third kappa shape index (κ3) is 2.65. The van der Waals surface area contributed by atoms with Crippen molar-refractivity contribution in [1.29, 1.82) is 0 Å². The summed E-state index contributed by atoms with van der Waals surface area (Å²) >= 11 is 0. The zero-order valence-corrected chi connectivity index (χ0v) is 9.94. The lowest BCUT2D eigenvalue weighted by Crippen LogP contribution is -2.42. The number of alkyl halides is 3. The van der Waals surface area contributed by atoms with Crippen molar-refractivity contribution in [3.63, 3.8) is 0 Å². The van der Waals surface area contributed by atoms with Crippen molar-refractivity contribution < 1.29 is 18.0 Å². The molecule has 1 amide bonds. The molecule has 1 aliphatic heterocycles. The normalized spacial score (nSPS) is 18.1. The summed E-state index contributed by atoms with van der Waals surface area (Å²) in [5, 5.41) is 3.88. The van der Waals surface area contributed by atoms with Crippen LogP contribution in [0.1, 0.15) is 23.2 Å². The minimum Gasteiger partial charge on any atom is -0.339 e. The minimum absolute atomic E-state index is 0.0184.